The number of aliphatic carboxylic acids is 1. The molecule has 0 aliphatic carbocycles. The van der Waals surface area contributed by atoms with E-state index in [-0.39, 0.29) is 6.42 Å². The van der Waals surface area contributed by atoms with Crippen LogP contribution in [0.3, 0.4) is 0 Å². The van der Waals surface area contributed by atoms with Crippen LogP contribution >= 0.6 is 0 Å². The van der Waals surface area contributed by atoms with E-state index in [1.165, 1.54) is 0 Å². The fraction of sp³-hybridized carbons (Fsp3) is 0.474. The lowest BCUT2D eigenvalue weighted by molar-refractivity contribution is -0.150. The molecule has 9 heteroatoms. The Balaban J connectivity index is 2.52. The molecular formula is C19H28N4O5. The van der Waals surface area contributed by atoms with Crippen molar-refractivity contribution in [2.75, 3.05) is 13.1 Å². The van der Waals surface area contributed by atoms with E-state index in [0.717, 1.165) is 19.3 Å². The fourth-order valence-corrected chi connectivity index (χ4v) is 2.57. The van der Waals surface area contributed by atoms with Crippen LogP contribution in [0, 0.1) is 0 Å². The molecule has 2 atom stereocenters. The molecule has 1 aromatic carbocycles. The highest BCUT2D eigenvalue weighted by atomic mass is 16.4. The number of hydrogen-bond acceptors (Lipinski definition) is 6. The smallest absolute Gasteiger partial charge is 0.374 e. The molecule has 0 aromatic heterocycles. The van der Waals surface area contributed by atoms with Gasteiger partial charge in [0.05, 0.1) is 12.6 Å². The first kappa shape index (κ1) is 23.3. The number of Topliss-reactive ketones (excluding diaryl/α,β-unsaturated/α-hetero) is 1. The predicted molar refractivity (Wildman–Crippen MR) is 103 cm³/mol. The van der Waals surface area contributed by atoms with Crippen molar-refractivity contribution in [1.29, 1.82) is 0 Å². The Kier molecular flexibility index (Phi) is 10.4. The van der Waals surface area contributed by atoms with Gasteiger partial charge in [-0.15, -0.1) is 0 Å². The minimum Gasteiger partial charge on any atom is -0.475 e. The lowest BCUT2D eigenvalue weighted by atomic mass is 10.0. The zero-order valence-electron chi connectivity index (χ0n) is 15.7. The third-order valence-corrected chi connectivity index (χ3v) is 4.12. The lowest BCUT2D eigenvalue weighted by Gasteiger charge is -2.17. The van der Waals surface area contributed by atoms with Crippen molar-refractivity contribution in [3.8, 4) is 0 Å². The number of amides is 2. The van der Waals surface area contributed by atoms with Gasteiger partial charge in [-0.3, -0.25) is 14.4 Å². The van der Waals surface area contributed by atoms with Crippen molar-refractivity contribution in [2.24, 2.45) is 11.5 Å². The molecule has 0 aliphatic rings. The van der Waals surface area contributed by atoms with Crippen LogP contribution in [-0.4, -0.2) is 53.8 Å². The minimum atomic E-state index is -1.63. The first-order valence-corrected chi connectivity index (χ1v) is 9.19. The zero-order chi connectivity index (χ0) is 20.9. The maximum atomic E-state index is 12.1. The molecule has 0 radical (unpaired) electrons. The molecule has 0 aliphatic heterocycles. The fourth-order valence-electron chi connectivity index (χ4n) is 2.57. The van der Waals surface area contributed by atoms with Crippen molar-refractivity contribution >= 4 is 23.6 Å². The van der Waals surface area contributed by atoms with E-state index in [1.54, 1.807) is 30.3 Å². The lowest BCUT2D eigenvalue weighted by Crippen LogP contribution is -2.50. The Labute approximate surface area is 163 Å². The van der Waals surface area contributed by atoms with Gasteiger partial charge < -0.3 is 27.2 Å². The largest absolute Gasteiger partial charge is 0.475 e. The number of benzene rings is 1. The molecule has 9 nitrogen and oxygen atoms in total. The van der Waals surface area contributed by atoms with E-state index in [2.05, 4.69) is 10.6 Å². The zero-order valence-corrected chi connectivity index (χ0v) is 15.7. The number of carboxylic acids is 1. The molecule has 0 saturated heterocycles. The summed E-state index contributed by atoms with van der Waals surface area (Å²) >= 11 is 0. The number of hydrogen-bond donors (Lipinski definition) is 5. The number of carbonyl (C=O) groups is 4. The Morgan fingerprint density at radius 3 is 2.32 bits per heavy atom. The van der Waals surface area contributed by atoms with E-state index in [4.69, 9.17) is 16.6 Å². The van der Waals surface area contributed by atoms with Crippen LogP contribution in [0.1, 0.15) is 31.2 Å². The van der Waals surface area contributed by atoms with Crippen LogP contribution in [-0.2, 0) is 25.6 Å². The number of nitrogens with one attached hydrogen (secondary N) is 2. The highest BCUT2D eigenvalue weighted by Crippen LogP contribution is 2.05. The van der Waals surface area contributed by atoms with Gasteiger partial charge in [-0.2, -0.15) is 0 Å². The monoisotopic (exact) mass is 392 g/mol. The van der Waals surface area contributed by atoms with E-state index in [1.807, 2.05) is 0 Å². The SMILES string of the molecule is NCCCCCC(N)C(=O)NCC(=O)NC(Cc1ccccc1)C(=O)C(=O)O. The molecule has 0 bridgehead atoms. The second-order valence-corrected chi connectivity index (χ2v) is 6.44. The number of carboxylic acid groups (broad SMARTS) is 1. The third-order valence-electron chi connectivity index (χ3n) is 4.12. The molecule has 7 N–H and O–H groups in total. The van der Waals surface area contributed by atoms with Gasteiger partial charge in [0.1, 0.15) is 6.04 Å². The summed E-state index contributed by atoms with van der Waals surface area (Å²) in [5, 5.41) is 13.7. The first-order valence-electron chi connectivity index (χ1n) is 9.19. The van der Waals surface area contributed by atoms with Gasteiger partial charge in [-0.1, -0.05) is 43.2 Å². The highest BCUT2D eigenvalue weighted by Gasteiger charge is 2.27. The minimum absolute atomic E-state index is 0.0340. The van der Waals surface area contributed by atoms with Crippen molar-refractivity contribution < 1.29 is 24.3 Å². The first-order chi connectivity index (χ1) is 13.3. The summed E-state index contributed by atoms with van der Waals surface area (Å²) in [7, 11) is 0. The molecule has 2 amide bonds. The molecule has 0 saturated carbocycles. The van der Waals surface area contributed by atoms with Gasteiger partial charge in [-0.05, 0) is 24.9 Å². The van der Waals surface area contributed by atoms with Crippen molar-refractivity contribution in [3.63, 3.8) is 0 Å². The second-order valence-electron chi connectivity index (χ2n) is 6.44. The third kappa shape index (κ3) is 8.74. The number of ketones is 1. The molecule has 0 fully saturated rings. The second kappa shape index (κ2) is 12.6. The van der Waals surface area contributed by atoms with Crippen molar-refractivity contribution in [3.05, 3.63) is 35.9 Å². The maximum Gasteiger partial charge on any atom is 0.374 e. The van der Waals surface area contributed by atoms with E-state index >= 15 is 0 Å². The van der Waals surface area contributed by atoms with Gasteiger partial charge in [0, 0.05) is 6.42 Å². The summed E-state index contributed by atoms with van der Waals surface area (Å²) in [4.78, 5) is 46.9. The summed E-state index contributed by atoms with van der Waals surface area (Å²) in [5.41, 5.74) is 11.9. The summed E-state index contributed by atoms with van der Waals surface area (Å²) in [6.45, 7) is 0.189. The molecular weight excluding hydrogens is 364 g/mol. The number of carbonyl (C=O) groups excluding carboxylic acids is 3. The van der Waals surface area contributed by atoms with Crippen LogP contribution in [0.5, 0.6) is 0 Å². The maximum absolute atomic E-state index is 12.1. The van der Waals surface area contributed by atoms with E-state index < -0.39 is 42.2 Å². The van der Waals surface area contributed by atoms with Gasteiger partial charge in [0.25, 0.3) is 5.78 Å². The molecule has 1 aromatic rings. The molecule has 0 heterocycles. The number of nitrogens with two attached hydrogens (primary N) is 2. The quantitative estimate of drug-likeness (QED) is 0.219. The normalized spacial score (nSPS) is 12.6. The Morgan fingerprint density at radius 1 is 1.04 bits per heavy atom. The Hall–Kier alpha value is -2.78. The highest BCUT2D eigenvalue weighted by molar-refractivity contribution is 6.35. The molecule has 2 unspecified atom stereocenters. The summed E-state index contributed by atoms with van der Waals surface area (Å²) < 4.78 is 0. The van der Waals surface area contributed by atoms with Crippen LogP contribution in [0.25, 0.3) is 0 Å². The van der Waals surface area contributed by atoms with Crippen LogP contribution in [0.15, 0.2) is 30.3 Å². The summed E-state index contributed by atoms with van der Waals surface area (Å²) in [6, 6.07) is 6.74. The Morgan fingerprint density at radius 2 is 1.71 bits per heavy atom. The van der Waals surface area contributed by atoms with Gasteiger partial charge in [-0.25, -0.2) is 4.79 Å². The van der Waals surface area contributed by atoms with Crippen LogP contribution < -0.4 is 22.1 Å². The molecule has 1 rings (SSSR count). The number of rotatable bonds is 13. The van der Waals surface area contributed by atoms with Crippen LogP contribution in [0.2, 0.25) is 0 Å². The van der Waals surface area contributed by atoms with Gasteiger partial charge in [0.2, 0.25) is 11.8 Å². The average molecular weight is 392 g/mol. The topological polar surface area (TPSA) is 165 Å². The van der Waals surface area contributed by atoms with Gasteiger partial charge >= 0.3 is 5.97 Å². The predicted octanol–water partition coefficient (Wildman–Crippen LogP) is -0.670. The standard InChI is InChI=1S/C19H28N4O5/c20-10-6-2-5-9-14(21)18(26)22-12-16(24)23-15(17(25)19(27)28)11-13-7-3-1-4-8-13/h1,3-4,7-8,14-15H,2,5-6,9-12,20-21H2,(H,22,26)(H,23,24)(H,27,28). The number of unbranched alkanes of at least 4 members (excludes halogenated alkanes) is 2. The Bertz CT molecular complexity index is 666. The molecule has 28 heavy (non-hydrogen) atoms. The molecule has 0 spiro atoms. The average Bonchev–Trinajstić information content (AvgIpc) is 2.68. The summed E-state index contributed by atoms with van der Waals surface area (Å²) in [6.07, 6.45) is 2.99. The van der Waals surface area contributed by atoms with Crippen molar-refractivity contribution in [2.45, 2.75) is 44.2 Å². The van der Waals surface area contributed by atoms with Crippen LogP contribution in [0.4, 0.5) is 0 Å². The molecule has 154 valence electrons. The van der Waals surface area contributed by atoms with E-state index in [0.29, 0.717) is 18.5 Å². The van der Waals surface area contributed by atoms with Crippen molar-refractivity contribution in [1.82, 2.24) is 10.6 Å². The van der Waals surface area contributed by atoms with E-state index in [9.17, 15) is 19.2 Å². The van der Waals surface area contributed by atoms with Gasteiger partial charge in [0.15, 0.2) is 0 Å². The summed E-state index contributed by atoms with van der Waals surface area (Å²) in [5.74, 6) is -3.91.